The number of aromatic nitrogens is 5. The molecule has 1 aromatic carbocycles. The number of halogens is 1. The summed E-state index contributed by atoms with van der Waals surface area (Å²) in [4.78, 5) is 33.3. The lowest BCUT2D eigenvalue weighted by atomic mass is 10.1. The number of nitrogen functional groups attached to an aromatic ring is 1. The highest BCUT2D eigenvalue weighted by atomic mass is 19.1. The predicted octanol–water partition coefficient (Wildman–Crippen LogP) is 2.13. The van der Waals surface area contributed by atoms with Gasteiger partial charge in [-0.3, -0.25) is 9.78 Å². The highest BCUT2D eigenvalue weighted by Crippen LogP contribution is 2.20. The number of anilines is 1. The Hall–Kier alpha value is -4.01. The number of carbonyl (C=O) groups is 1. The summed E-state index contributed by atoms with van der Waals surface area (Å²) in [6.07, 6.45) is 4.87. The molecule has 0 fully saturated rings. The maximum atomic E-state index is 14.0. The number of carbonyl (C=O) groups excluding carboxylic acids is 1. The average molecular weight is 375 g/mol. The molecule has 4 rings (SSSR count). The lowest BCUT2D eigenvalue weighted by Crippen LogP contribution is -2.25. The molecular weight excluding hydrogens is 361 g/mol. The van der Waals surface area contributed by atoms with Gasteiger partial charge in [-0.2, -0.15) is 0 Å². The van der Waals surface area contributed by atoms with E-state index >= 15 is 0 Å². The SMILES string of the molecule is Nc1nc(C(=O)NCc2ncccc2-c2ncccn2)c2cccc(F)c2n1. The Kier molecular flexibility index (Phi) is 4.55. The number of para-hydroxylation sites is 1. The van der Waals surface area contributed by atoms with Gasteiger partial charge in [0.25, 0.3) is 5.91 Å². The van der Waals surface area contributed by atoms with Gasteiger partial charge in [0, 0.05) is 29.5 Å². The summed E-state index contributed by atoms with van der Waals surface area (Å²) in [7, 11) is 0. The van der Waals surface area contributed by atoms with E-state index in [0.29, 0.717) is 17.1 Å². The van der Waals surface area contributed by atoms with Crippen LogP contribution in [0.2, 0.25) is 0 Å². The zero-order valence-electron chi connectivity index (χ0n) is 14.5. The second-order valence-corrected chi connectivity index (χ2v) is 5.82. The van der Waals surface area contributed by atoms with Crippen LogP contribution in [0.25, 0.3) is 22.3 Å². The van der Waals surface area contributed by atoms with Gasteiger partial charge in [0.2, 0.25) is 5.95 Å². The largest absolute Gasteiger partial charge is 0.368 e. The fourth-order valence-corrected chi connectivity index (χ4v) is 2.78. The molecule has 1 amide bonds. The molecule has 138 valence electrons. The highest BCUT2D eigenvalue weighted by molar-refractivity contribution is 6.04. The van der Waals surface area contributed by atoms with E-state index in [1.165, 1.54) is 12.1 Å². The Balaban J connectivity index is 1.64. The van der Waals surface area contributed by atoms with Crippen LogP contribution in [0.15, 0.2) is 55.0 Å². The smallest absolute Gasteiger partial charge is 0.271 e. The summed E-state index contributed by atoms with van der Waals surface area (Å²) in [5, 5.41) is 3.02. The summed E-state index contributed by atoms with van der Waals surface area (Å²) < 4.78 is 14.0. The summed E-state index contributed by atoms with van der Waals surface area (Å²) in [6.45, 7) is 0.105. The molecule has 0 radical (unpaired) electrons. The molecule has 0 atom stereocenters. The molecular formula is C19H14FN7O. The van der Waals surface area contributed by atoms with Gasteiger partial charge >= 0.3 is 0 Å². The van der Waals surface area contributed by atoms with E-state index in [9.17, 15) is 9.18 Å². The molecule has 0 unspecified atom stereocenters. The first kappa shape index (κ1) is 17.4. The zero-order chi connectivity index (χ0) is 19.5. The first-order chi connectivity index (χ1) is 13.6. The lowest BCUT2D eigenvalue weighted by Gasteiger charge is -2.10. The third-order valence-electron chi connectivity index (χ3n) is 4.02. The molecule has 0 bridgehead atoms. The molecule has 28 heavy (non-hydrogen) atoms. The molecule has 0 saturated carbocycles. The van der Waals surface area contributed by atoms with Crippen molar-refractivity contribution < 1.29 is 9.18 Å². The highest BCUT2D eigenvalue weighted by Gasteiger charge is 2.17. The quantitative estimate of drug-likeness (QED) is 0.561. The van der Waals surface area contributed by atoms with Crippen LogP contribution in [0.5, 0.6) is 0 Å². The molecule has 0 spiro atoms. The van der Waals surface area contributed by atoms with E-state index in [2.05, 4.69) is 30.2 Å². The maximum Gasteiger partial charge on any atom is 0.271 e. The van der Waals surface area contributed by atoms with Gasteiger partial charge in [0.05, 0.1) is 12.2 Å². The molecule has 0 aliphatic rings. The maximum absolute atomic E-state index is 14.0. The molecule has 0 aliphatic carbocycles. The number of nitrogens with zero attached hydrogens (tertiary/aromatic N) is 5. The van der Waals surface area contributed by atoms with Crippen LogP contribution in [0.4, 0.5) is 10.3 Å². The molecule has 4 aromatic rings. The number of hydrogen-bond donors (Lipinski definition) is 2. The molecule has 3 N–H and O–H groups in total. The van der Waals surface area contributed by atoms with Crippen LogP contribution in [-0.2, 0) is 6.54 Å². The van der Waals surface area contributed by atoms with E-state index in [0.717, 1.165) is 0 Å². The minimum atomic E-state index is -0.575. The standard InChI is InChI=1S/C19H14FN7O/c20-13-6-1-4-12-15(13)26-19(21)27-16(12)18(28)25-10-14-11(5-2-7-22-14)17-23-8-3-9-24-17/h1-9H,10H2,(H,25,28)(H2,21,26,27). The van der Waals surface area contributed by atoms with E-state index in [-0.39, 0.29) is 29.1 Å². The third kappa shape index (κ3) is 3.32. The Labute approximate surface area is 158 Å². The summed E-state index contributed by atoms with van der Waals surface area (Å²) in [5.41, 5.74) is 6.91. The van der Waals surface area contributed by atoms with Crippen LogP contribution in [0, 0.1) is 5.82 Å². The fraction of sp³-hybridized carbons (Fsp3) is 0.0526. The van der Waals surface area contributed by atoms with E-state index < -0.39 is 11.7 Å². The molecule has 3 aromatic heterocycles. The number of nitrogens with two attached hydrogens (primary N) is 1. The van der Waals surface area contributed by atoms with Crippen LogP contribution in [0.1, 0.15) is 16.2 Å². The van der Waals surface area contributed by atoms with Gasteiger partial charge < -0.3 is 11.1 Å². The Morgan fingerprint density at radius 1 is 1.00 bits per heavy atom. The fourth-order valence-electron chi connectivity index (χ4n) is 2.78. The predicted molar refractivity (Wildman–Crippen MR) is 100 cm³/mol. The molecule has 0 saturated heterocycles. The van der Waals surface area contributed by atoms with E-state index in [1.54, 1.807) is 36.8 Å². The number of nitrogens with one attached hydrogen (secondary N) is 1. The molecule has 8 nitrogen and oxygen atoms in total. The van der Waals surface area contributed by atoms with E-state index in [1.807, 2.05) is 6.07 Å². The van der Waals surface area contributed by atoms with Crippen LogP contribution in [0.3, 0.4) is 0 Å². The van der Waals surface area contributed by atoms with Crippen LogP contribution in [-0.4, -0.2) is 30.8 Å². The van der Waals surface area contributed by atoms with Crippen LogP contribution < -0.4 is 11.1 Å². The normalized spacial score (nSPS) is 10.8. The van der Waals surface area contributed by atoms with Gasteiger partial charge in [-0.25, -0.2) is 24.3 Å². The van der Waals surface area contributed by atoms with Crippen molar-refractivity contribution in [2.24, 2.45) is 0 Å². The van der Waals surface area contributed by atoms with Gasteiger partial charge in [0.1, 0.15) is 17.0 Å². The number of pyridine rings is 1. The van der Waals surface area contributed by atoms with Gasteiger partial charge in [0.15, 0.2) is 5.82 Å². The van der Waals surface area contributed by atoms with Crippen molar-refractivity contribution in [1.29, 1.82) is 0 Å². The van der Waals surface area contributed by atoms with E-state index in [4.69, 9.17) is 5.73 Å². The first-order valence-electron chi connectivity index (χ1n) is 8.34. The lowest BCUT2D eigenvalue weighted by molar-refractivity contribution is 0.0947. The van der Waals surface area contributed by atoms with Crippen molar-refractivity contribution in [3.8, 4) is 11.4 Å². The van der Waals surface area contributed by atoms with Crippen molar-refractivity contribution in [2.75, 3.05) is 5.73 Å². The summed E-state index contributed by atoms with van der Waals surface area (Å²) >= 11 is 0. The second kappa shape index (κ2) is 7.31. The Morgan fingerprint density at radius 2 is 1.79 bits per heavy atom. The first-order valence-corrected chi connectivity index (χ1v) is 8.34. The average Bonchev–Trinajstić information content (AvgIpc) is 2.73. The van der Waals surface area contributed by atoms with Gasteiger partial charge in [-0.15, -0.1) is 0 Å². The number of rotatable bonds is 4. The third-order valence-corrected chi connectivity index (χ3v) is 4.02. The number of hydrogen-bond acceptors (Lipinski definition) is 7. The van der Waals surface area contributed by atoms with Crippen molar-refractivity contribution in [3.05, 3.63) is 72.2 Å². The monoisotopic (exact) mass is 375 g/mol. The van der Waals surface area contributed by atoms with Crippen LogP contribution >= 0.6 is 0 Å². The molecule has 3 heterocycles. The molecule has 9 heteroatoms. The minimum Gasteiger partial charge on any atom is -0.368 e. The summed E-state index contributed by atoms with van der Waals surface area (Å²) in [6, 6.07) is 9.59. The van der Waals surface area contributed by atoms with Crippen molar-refractivity contribution in [2.45, 2.75) is 6.54 Å². The Bertz CT molecular complexity index is 1170. The van der Waals surface area contributed by atoms with Gasteiger partial charge in [-0.1, -0.05) is 12.1 Å². The topological polar surface area (TPSA) is 120 Å². The summed E-state index contributed by atoms with van der Waals surface area (Å²) in [5.74, 6) is -0.776. The Morgan fingerprint density at radius 3 is 2.61 bits per heavy atom. The number of benzene rings is 1. The van der Waals surface area contributed by atoms with Crippen molar-refractivity contribution >= 4 is 22.8 Å². The van der Waals surface area contributed by atoms with Crippen molar-refractivity contribution in [3.63, 3.8) is 0 Å². The second-order valence-electron chi connectivity index (χ2n) is 5.82. The molecule has 0 aliphatic heterocycles. The number of fused-ring (bicyclic) bond motifs is 1. The van der Waals surface area contributed by atoms with Gasteiger partial charge in [-0.05, 0) is 24.3 Å². The minimum absolute atomic E-state index is 0.00337. The van der Waals surface area contributed by atoms with Crippen molar-refractivity contribution in [1.82, 2.24) is 30.2 Å². The zero-order valence-corrected chi connectivity index (χ0v) is 14.5. The number of amides is 1.